The van der Waals surface area contributed by atoms with Gasteiger partial charge in [0.1, 0.15) is 0 Å². The van der Waals surface area contributed by atoms with Crippen molar-refractivity contribution in [1.82, 2.24) is 10.1 Å². The van der Waals surface area contributed by atoms with Gasteiger partial charge in [0.2, 0.25) is 0 Å². The van der Waals surface area contributed by atoms with E-state index in [1.54, 1.807) is 0 Å². The van der Waals surface area contributed by atoms with E-state index >= 15 is 0 Å². The molecule has 0 spiro atoms. The molecule has 0 amide bonds. The summed E-state index contributed by atoms with van der Waals surface area (Å²) in [6.07, 6.45) is 0. The van der Waals surface area contributed by atoms with Crippen LogP contribution in [0.25, 0.3) is 11.5 Å². The van der Waals surface area contributed by atoms with Crippen molar-refractivity contribution >= 4 is 11.6 Å². The lowest BCUT2D eigenvalue weighted by Crippen LogP contribution is -2.16. The molecule has 1 aromatic carbocycles. The fourth-order valence-electron chi connectivity index (χ4n) is 1.51. The van der Waals surface area contributed by atoms with Crippen LogP contribution in [0.3, 0.4) is 0 Å². The molecule has 90 valence electrons. The summed E-state index contributed by atoms with van der Waals surface area (Å²) in [7, 11) is 3.80. The Labute approximate surface area is 100 Å². The van der Waals surface area contributed by atoms with Crippen molar-refractivity contribution in [2.24, 2.45) is 0 Å². The van der Waals surface area contributed by atoms with Gasteiger partial charge in [0.15, 0.2) is 0 Å². The first-order valence-electron chi connectivity index (χ1n) is 5.58. The van der Waals surface area contributed by atoms with E-state index in [1.165, 1.54) is 0 Å². The van der Waals surface area contributed by atoms with Gasteiger partial charge in [-0.15, -0.1) is 0 Å². The van der Waals surface area contributed by atoms with Gasteiger partial charge in [0, 0.05) is 26.3 Å². The first-order chi connectivity index (χ1) is 8.26. The molecular formula is C12H16N4O. The monoisotopic (exact) mass is 232 g/mol. The molecule has 0 saturated carbocycles. The van der Waals surface area contributed by atoms with Crippen LogP contribution in [-0.2, 0) is 0 Å². The molecule has 17 heavy (non-hydrogen) atoms. The molecule has 0 unspecified atom stereocenters. The highest BCUT2D eigenvalue weighted by atomic mass is 16.5. The van der Waals surface area contributed by atoms with Crippen molar-refractivity contribution in [2.45, 2.75) is 6.92 Å². The second-order valence-corrected chi connectivity index (χ2v) is 3.71. The Morgan fingerprint density at radius 2 is 2.12 bits per heavy atom. The summed E-state index contributed by atoms with van der Waals surface area (Å²) in [5.41, 5.74) is 1.89. The van der Waals surface area contributed by atoms with E-state index in [9.17, 15) is 0 Å². The summed E-state index contributed by atoms with van der Waals surface area (Å²) < 4.78 is 5.27. The Bertz CT molecular complexity index is 495. The van der Waals surface area contributed by atoms with Gasteiger partial charge in [-0.2, -0.15) is 4.98 Å². The van der Waals surface area contributed by atoms with E-state index in [0.717, 1.165) is 17.8 Å². The number of benzene rings is 1. The quantitative estimate of drug-likeness (QED) is 0.876. The molecule has 2 aromatic rings. The fraction of sp³-hybridized carbons (Fsp3) is 0.333. The van der Waals surface area contributed by atoms with E-state index in [1.807, 2.05) is 50.2 Å². The Balaban J connectivity index is 2.37. The maximum absolute atomic E-state index is 5.27. The number of rotatable bonds is 4. The van der Waals surface area contributed by atoms with Crippen LogP contribution in [0.15, 0.2) is 28.8 Å². The highest BCUT2D eigenvalue weighted by Crippen LogP contribution is 2.27. The van der Waals surface area contributed by atoms with E-state index in [0.29, 0.717) is 11.8 Å². The molecule has 5 nitrogen and oxygen atoms in total. The standard InChI is InChI=1S/C12H16N4O/c1-4-16(3)12-14-11(17-15-12)9-7-5-6-8-10(9)13-2/h5-8,13H,4H2,1-3H3. The van der Waals surface area contributed by atoms with Crippen LogP contribution < -0.4 is 10.2 Å². The molecule has 0 saturated heterocycles. The van der Waals surface area contributed by atoms with Gasteiger partial charge in [-0.1, -0.05) is 12.1 Å². The van der Waals surface area contributed by atoms with Crippen LogP contribution in [0, 0.1) is 0 Å². The van der Waals surface area contributed by atoms with Crippen LogP contribution in [0.4, 0.5) is 11.6 Å². The second-order valence-electron chi connectivity index (χ2n) is 3.71. The fourth-order valence-corrected chi connectivity index (χ4v) is 1.51. The zero-order valence-corrected chi connectivity index (χ0v) is 10.3. The second kappa shape index (κ2) is 4.86. The van der Waals surface area contributed by atoms with Gasteiger partial charge < -0.3 is 14.7 Å². The summed E-state index contributed by atoms with van der Waals surface area (Å²) in [5, 5.41) is 7.06. The van der Waals surface area contributed by atoms with Crippen LogP contribution >= 0.6 is 0 Å². The van der Waals surface area contributed by atoms with E-state index < -0.39 is 0 Å². The third-order valence-corrected chi connectivity index (χ3v) is 2.66. The van der Waals surface area contributed by atoms with Crippen LogP contribution in [0.1, 0.15) is 6.92 Å². The lowest BCUT2D eigenvalue weighted by molar-refractivity contribution is 0.430. The molecule has 0 radical (unpaired) electrons. The largest absolute Gasteiger partial charge is 0.387 e. The van der Waals surface area contributed by atoms with Crippen molar-refractivity contribution in [3.05, 3.63) is 24.3 Å². The third-order valence-electron chi connectivity index (χ3n) is 2.66. The predicted molar refractivity (Wildman–Crippen MR) is 68.2 cm³/mol. The highest BCUT2D eigenvalue weighted by molar-refractivity contribution is 5.72. The number of anilines is 2. The molecule has 2 rings (SSSR count). The maximum Gasteiger partial charge on any atom is 0.266 e. The van der Waals surface area contributed by atoms with Crippen LogP contribution in [0.2, 0.25) is 0 Å². The average molecular weight is 232 g/mol. The summed E-state index contributed by atoms with van der Waals surface area (Å²) >= 11 is 0. The number of nitrogens with one attached hydrogen (secondary N) is 1. The van der Waals surface area contributed by atoms with Crippen molar-refractivity contribution < 1.29 is 4.52 Å². The summed E-state index contributed by atoms with van der Waals surface area (Å²) in [6.45, 7) is 2.88. The van der Waals surface area contributed by atoms with Crippen LogP contribution in [0.5, 0.6) is 0 Å². The van der Waals surface area contributed by atoms with Crippen LogP contribution in [-0.4, -0.2) is 30.8 Å². The first-order valence-corrected chi connectivity index (χ1v) is 5.58. The minimum absolute atomic E-state index is 0.533. The van der Waals surface area contributed by atoms with Gasteiger partial charge >= 0.3 is 0 Å². The summed E-state index contributed by atoms with van der Waals surface area (Å²) in [4.78, 5) is 6.29. The number of hydrogen-bond donors (Lipinski definition) is 1. The minimum atomic E-state index is 0.533. The zero-order chi connectivity index (χ0) is 12.3. The minimum Gasteiger partial charge on any atom is -0.387 e. The number of nitrogens with zero attached hydrogens (tertiary/aromatic N) is 3. The van der Waals surface area contributed by atoms with Gasteiger partial charge in [-0.25, -0.2) is 0 Å². The van der Waals surface area contributed by atoms with Crippen molar-refractivity contribution in [3.63, 3.8) is 0 Å². The molecule has 5 heteroatoms. The normalized spacial score (nSPS) is 10.3. The lowest BCUT2D eigenvalue weighted by Gasteiger charge is -2.08. The maximum atomic E-state index is 5.27. The Morgan fingerprint density at radius 1 is 1.35 bits per heavy atom. The lowest BCUT2D eigenvalue weighted by atomic mass is 10.2. The molecule has 1 N–H and O–H groups in total. The summed E-state index contributed by atoms with van der Waals surface area (Å²) in [6, 6.07) is 7.84. The molecule has 1 aromatic heterocycles. The molecule has 0 aliphatic heterocycles. The summed E-state index contributed by atoms with van der Waals surface area (Å²) in [5.74, 6) is 1.14. The molecule has 0 fully saturated rings. The van der Waals surface area contributed by atoms with Crippen molar-refractivity contribution in [2.75, 3.05) is 30.9 Å². The predicted octanol–water partition coefficient (Wildman–Crippen LogP) is 2.23. The van der Waals surface area contributed by atoms with Gasteiger partial charge in [0.05, 0.1) is 5.56 Å². The van der Waals surface area contributed by atoms with Gasteiger partial charge in [-0.3, -0.25) is 0 Å². The average Bonchev–Trinajstić information content (AvgIpc) is 2.87. The number of hydrogen-bond acceptors (Lipinski definition) is 5. The zero-order valence-electron chi connectivity index (χ0n) is 10.3. The molecule has 0 aliphatic rings. The number of aromatic nitrogens is 2. The Kier molecular flexibility index (Phi) is 3.27. The van der Waals surface area contributed by atoms with Crippen molar-refractivity contribution in [1.29, 1.82) is 0 Å². The van der Waals surface area contributed by atoms with E-state index in [4.69, 9.17) is 4.52 Å². The third kappa shape index (κ3) is 2.22. The molecule has 1 heterocycles. The van der Waals surface area contributed by atoms with E-state index in [-0.39, 0.29) is 0 Å². The van der Waals surface area contributed by atoms with E-state index in [2.05, 4.69) is 15.5 Å². The Hall–Kier alpha value is -2.04. The SMILES string of the molecule is CCN(C)c1noc(-c2ccccc2NC)n1. The van der Waals surface area contributed by atoms with Gasteiger partial charge in [-0.05, 0) is 24.2 Å². The van der Waals surface area contributed by atoms with Crippen molar-refractivity contribution in [3.8, 4) is 11.5 Å². The molecular weight excluding hydrogens is 216 g/mol. The first kappa shape index (κ1) is 11.4. The molecule has 0 aliphatic carbocycles. The smallest absolute Gasteiger partial charge is 0.266 e. The highest BCUT2D eigenvalue weighted by Gasteiger charge is 2.13. The number of para-hydroxylation sites is 1. The Morgan fingerprint density at radius 3 is 2.82 bits per heavy atom. The van der Waals surface area contributed by atoms with Gasteiger partial charge in [0.25, 0.3) is 11.8 Å². The molecule has 0 bridgehead atoms. The topological polar surface area (TPSA) is 54.2 Å². The molecule has 0 atom stereocenters.